The summed E-state index contributed by atoms with van der Waals surface area (Å²) in [6.07, 6.45) is 0. The molecule has 3 aromatic rings. The maximum Gasteiger partial charge on any atom is 0.269 e. The molecule has 5 heteroatoms. The molecule has 0 saturated heterocycles. The van der Waals surface area contributed by atoms with Crippen LogP contribution in [0.5, 0.6) is 0 Å². The van der Waals surface area contributed by atoms with Crippen molar-refractivity contribution in [2.45, 2.75) is 0 Å². The monoisotopic (exact) mass is 356 g/mol. The van der Waals surface area contributed by atoms with E-state index in [1.165, 1.54) is 0 Å². The second-order valence-corrected chi connectivity index (χ2v) is 5.97. The first kappa shape index (κ1) is 16.4. The van der Waals surface area contributed by atoms with E-state index in [9.17, 15) is 4.79 Å². The first-order valence-electron chi connectivity index (χ1n) is 7.30. The second-order valence-electron chi connectivity index (χ2n) is 5.15. The molecule has 0 heterocycles. The Hall–Kier alpha value is -2.49. The van der Waals surface area contributed by atoms with Crippen molar-refractivity contribution in [2.24, 2.45) is 0 Å². The number of hydrogen-bond donors (Lipinski definition) is 2. The smallest absolute Gasteiger partial charge is 0.269 e. The Morgan fingerprint density at radius 3 is 2.08 bits per heavy atom. The molecule has 0 aliphatic carbocycles. The molecule has 0 saturated carbocycles. The second kappa shape index (κ2) is 7.39. The summed E-state index contributed by atoms with van der Waals surface area (Å²) >= 11 is 11.8. The van der Waals surface area contributed by atoms with Crippen LogP contribution in [0.4, 0.5) is 5.69 Å². The van der Waals surface area contributed by atoms with Crippen molar-refractivity contribution in [1.29, 1.82) is 0 Å². The molecule has 0 unspecified atom stereocenters. The number of nitrogens with one attached hydrogen (secondary N) is 2. The lowest BCUT2D eigenvalue weighted by Gasteiger charge is -2.10. The molecule has 2 N–H and O–H groups in total. The van der Waals surface area contributed by atoms with Crippen LogP contribution in [0, 0.1) is 0 Å². The van der Waals surface area contributed by atoms with Crippen molar-refractivity contribution in [3.8, 4) is 11.1 Å². The highest BCUT2D eigenvalue weighted by atomic mass is 35.5. The van der Waals surface area contributed by atoms with Crippen LogP contribution in [0.3, 0.4) is 0 Å². The van der Waals surface area contributed by atoms with E-state index in [2.05, 4.69) is 10.9 Å². The largest absolute Gasteiger partial charge is 0.298 e. The molecule has 1 amide bonds. The number of amides is 1. The third kappa shape index (κ3) is 3.88. The number of hydrogen-bond acceptors (Lipinski definition) is 2. The van der Waals surface area contributed by atoms with Crippen LogP contribution < -0.4 is 10.9 Å². The number of anilines is 1. The third-order valence-corrected chi connectivity index (χ3v) is 4.23. The molecule has 3 nitrogen and oxygen atoms in total. The lowest BCUT2D eigenvalue weighted by Crippen LogP contribution is -2.29. The maximum absolute atomic E-state index is 12.2. The van der Waals surface area contributed by atoms with Crippen LogP contribution in [0.15, 0.2) is 72.8 Å². The number of carbonyl (C=O) groups excluding carboxylic acids is 1. The van der Waals surface area contributed by atoms with Gasteiger partial charge in [0.1, 0.15) is 0 Å². The van der Waals surface area contributed by atoms with Crippen molar-refractivity contribution in [3.05, 3.63) is 88.4 Å². The highest BCUT2D eigenvalue weighted by Gasteiger charge is 2.06. The summed E-state index contributed by atoms with van der Waals surface area (Å²) in [7, 11) is 0. The molecular weight excluding hydrogens is 343 g/mol. The standard InChI is InChI=1S/C19H14Cl2N2O/c20-17-11-10-16(12-18(17)21)22-23-19(24)15-8-6-14(7-9-15)13-4-2-1-3-5-13/h1-12,22H,(H,23,24). The van der Waals surface area contributed by atoms with E-state index in [0.29, 0.717) is 21.3 Å². The van der Waals surface area contributed by atoms with Gasteiger partial charge in [-0.1, -0.05) is 65.7 Å². The Morgan fingerprint density at radius 1 is 0.750 bits per heavy atom. The normalized spacial score (nSPS) is 10.2. The molecule has 0 aromatic heterocycles. The molecule has 3 aromatic carbocycles. The van der Waals surface area contributed by atoms with Crippen molar-refractivity contribution >= 4 is 34.8 Å². The van der Waals surface area contributed by atoms with E-state index in [0.717, 1.165) is 11.1 Å². The minimum absolute atomic E-state index is 0.235. The molecular formula is C19H14Cl2N2O. The van der Waals surface area contributed by atoms with Crippen molar-refractivity contribution < 1.29 is 4.79 Å². The van der Waals surface area contributed by atoms with Gasteiger partial charge in [0.25, 0.3) is 5.91 Å². The summed E-state index contributed by atoms with van der Waals surface area (Å²) in [6.45, 7) is 0. The zero-order valence-corrected chi connectivity index (χ0v) is 14.1. The van der Waals surface area contributed by atoms with Crippen LogP contribution in [-0.2, 0) is 0 Å². The summed E-state index contributed by atoms with van der Waals surface area (Å²) < 4.78 is 0. The van der Waals surface area contributed by atoms with E-state index in [4.69, 9.17) is 23.2 Å². The first-order chi connectivity index (χ1) is 11.6. The van der Waals surface area contributed by atoms with Crippen LogP contribution in [-0.4, -0.2) is 5.91 Å². The molecule has 0 spiro atoms. The lowest BCUT2D eigenvalue weighted by molar-refractivity contribution is 0.0962. The predicted molar refractivity (Wildman–Crippen MR) is 99.4 cm³/mol. The Kier molecular flexibility index (Phi) is 5.04. The molecule has 0 radical (unpaired) electrons. The molecule has 0 fully saturated rings. The van der Waals surface area contributed by atoms with E-state index < -0.39 is 0 Å². The average molecular weight is 357 g/mol. The fourth-order valence-corrected chi connectivity index (χ4v) is 2.52. The van der Waals surface area contributed by atoms with Crippen molar-refractivity contribution in [3.63, 3.8) is 0 Å². The average Bonchev–Trinajstić information content (AvgIpc) is 2.63. The van der Waals surface area contributed by atoms with Gasteiger partial charge in [0, 0.05) is 5.56 Å². The highest BCUT2D eigenvalue weighted by Crippen LogP contribution is 2.24. The maximum atomic E-state index is 12.2. The van der Waals surface area contributed by atoms with Gasteiger partial charge in [0.15, 0.2) is 0 Å². The van der Waals surface area contributed by atoms with Crippen molar-refractivity contribution in [2.75, 3.05) is 5.43 Å². The van der Waals surface area contributed by atoms with E-state index >= 15 is 0 Å². The van der Waals surface area contributed by atoms with Gasteiger partial charge in [-0.05, 0) is 41.5 Å². The van der Waals surface area contributed by atoms with Gasteiger partial charge in [0.2, 0.25) is 0 Å². The number of carbonyl (C=O) groups is 1. The highest BCUT2D eigenvalue weighted by molar-refractivity contribution is 6.42. The van der Waals surface area contributed by atoms with Crippen LogP contribution in [0.2, 0.25) is 10.0 Å². The van der Waals surface area contributed by atoms with E-state index in [1.54, 1.807) is 30.3 Å². The Bertz CT molecular complexity index is 849. The minimum Gasteiger partial charge on any atom is -0.298 e. The van der Waals surface area contributed by atoms with Crippen LogP contribution in [0.1, 0.15) is 10.4 Å². The summed E-state index contributed by atoms with van der Waals surface area (Å²) in [5.41, 5.74) is 8.82. The summed E-state index contributed by atoms with van der Waals surface area (Å²) in [4.78, 5) is 12.2. The van der Waals surface area contributed by atoms with E-state index in [-0.39, 0.29) is 5.91 Å². The van der Waals surface area contributed by atoms with Crippen LogP contribution >= 0.6 is 23.2 Å². The number of rotatable bonds is 4. The van der Waals surface area contributed by atoms with Crippen molar-refractivity contribution in [1.82, 2.24) is 5.43 Å². The summed E-state index contributed by atoms with van der Waals surface area (Å²) in [6, 6.07) is 22.4. The Labute approximate surface area is 150 Å². The fraction of sp³-hybridized carbons (Fsp3) is 0. The van der Waals surface area contributed by atoms with Gasteiger partial charge in [-0.15, -0.1) is 0 Å². The van der Waals surface area contributed by atoms with Gasteiger partial charge in [-0.2, -0.15) is 0 Å². The zero-order chi connectivity index (χ0) is 16.9. The minimum atomic E-state index is -0.235. The number of hydrazine groups is 1. The van der Waals surface area contributed by atoms with Gasteiger partial charge in [-0.3, -0.25) is 15.6 Å². The van der Waals surface area contributed by atoms with E-state index in [1.807, 2.05) is 42.5 Å². The van der Waals surface area contributed by atoms with Gasteiger partial charge in [0.05, 0.1) is 15.7 Å². The topological polar surface area (TPSA) is 41.1 Å². The number of benzene rings is 3. The first-order valence-corrected chi connectivity index (χ1v) is 8.06. The Balaban J connectivity index is 1.66. The Morgan fingerprint density at radius 2 is 1.42 bits per heavy atom. The third-order valence-electron chi connectivity index (χ3n) is 3.49. The molecule has 0 aliphatic rings. The molecule has 3 rings (SSSR count). The zero-order valence-electron chi connectivity index (χ0n) is 12.6. The fourth-order valence-electron chi connectivity index (χ4n) is 2.22. The predicted octanol–water partition coefficient (Wildman–Crippen LogP) is 5.42. The summed E-state index contributed by atoms with van der Waals surface area (Å²) in [5.74, 6) is -0.235. The SMILES string of the molecule is O=C(NNc1ccc(Cl)c(Cl)c1)c1ccc(-c2ccccc2)cc1. The molecule has 0 bridgehead atoms. The van der Waals surface area contributed by atoms with Gasteiger partial charge >= 0.3 is 0 Å². The molecule has 0 atom stereocenters. The van der Waals surface area contributed by atoms with Gasteiger partial charge in [-0.25, -0.2) is 0 Å². The quantitative estimate of drug-likeness (QED) is 0.613. The molecule has 120 valence electrons. The lowest BCUT2D eigenvalue weighted by atomic mass is 10.0. The van der Waals surface area contributed by atoms with Crippen LogP contribution in [0.25, 0.3) is 11.1 Å². The van der Waals surface area contributed by atoms with Gasteiger partial charge < -0.3 is 0 Å². The summed E-state index contributed by atoms with van der Waals surface area (Å²) in [5, 5.41) is 0.883. The number of halogens is 2. The molecule has 0 aliphatic heterocycles. The molecule has 24 heavy (non-hydrogen) atoms.